The first-order valence-corrected chi connectivity index (χ1v) is 10.3. The molecule has 2 aromatic heterocycles. The fourth-order valence-corrected chi connectivity index (χ4v) is 4.51. The molecule has 0 aliphatic heterocycles. The quantitative estimate of drug-likeness (QED) is 0.429. The van der Waals surface area contributed by atoms with Gasteiger partial charge in [0.15, 0.2) is 4.34 Å². The monoisotopic (exact) mass is 416 g/mol. The molecule has 2 heterocycles. The van der Waals surface area contributed by atoms with Crippen LogP contribution in [0.4, 0.5) is 5.13 Å². The molecule has 146 valence electrons. The van der Waals surface area contributed by atoms with Crippen molar-refractivity contribution in [2.24, 2.45) is 0 Å². The number of nitrogens with one attached hydrogen (secondary N) is 1. The average molecular weight is 417 g/mol. The van der Waals surface area contributed by atoms with Crippen LogP contribution in [0.2, 0.25) is 0 Å². The van der Waals surface area contributed by atoms with Gasteiger partial charge in [0.05, 0.1) is 14.2 Å². The maximum absolute atomic E-state index is 12.6. The van der Waals surface area contributed by atoms with E-state index in [1.807, 2.05) is 18.3 Å². The van der Waals surface area contributed by atoms with Gasteiger partial charge in [-0.2, -0.15) is 0 Å². The fraction of sp³-hybridized carbons (Fsp3) is 0.263. The van der Waals surface area contributed by atoms with E-state index in [0.717, 1.165) is 16.3 Å². The molecule has 0 spiro atoms. The van der Waals surface area contributed by atoms with Crippen LogP contribution in [0, 0.1) is 0 Å². The molecule has 1 aromatic carbocycles. The van der Waals surface area contributed by atoms with Crippen molar-refractivity contribution in [3.63, 3.8) is 0 Å². The van der Waals surface area contributed by atoms with Crippen LogP contribution in [0.3, 0.4) is 0 Å². The number of thioether (sulfide) groups is 1. The van der Waals surface area contributed by atoms with E-state index in [-0.39, 0.29) is 11.2 Å². The van der Waals surface area contributed by atoms with Gasteiger partial charge in [0.25, 0.3) is 5.91 Å². The lowest BCUT2D eigenvalue weighted by Gasteiger charge is -2.11. The Hall–Kier alpha value is -2.65. The topological polar surface area (TPSA) is 86.2 Å². The Balaban J connectivity index is 1.70. The predicted molar refractivity (Wildman–Crippen MR) is 111 cm³/mol. The standard InChI is InChI=1S/C19H20N4O3S2/c1-4-16(12-6-5-7-20-11-12)27-19-23-22-18(28-19)21-17(24)13-8-14(25-2)10-15(9-13)26-3/h5-11,16H,4H2,1-3H3,(H,21,22,24). The number of nitrogens with zero attached hydrogens (tertiary/aromatic N) is 3. The Labute approximate surface area is 171 Å². The number of aromatic nitrogens is 3. The van der Waals surface area contributed by atoms with Crippen LogP contribution < -0.4 is 14.8 Å². The Morgan fingerprint density at radius 3 is 2.57 bits per heavy atom. The Bertz CT molecular complexity index is 912. The second-order valence-electron chi connectivity index (χ2n) is 5.73. The highest BCUT2D eigenvalue weighted by Gasteiger charge is 2.17. The zero-order chi connectivity index (χ0) is 19.9. The number of carbonyl (C=O) groups is 1. The SMILES string of the molecule is CCC(Sc1nnc(NC(=O)c2cc(OC)cc(OC)c2)s1)c1cccnc1. The number of anilines is 1. The third kappa shape index (κ3) is 4.99. The zero-order valence-electron chi connectivity index (χ0n) is 15.7. The van der Waals surface area contributed by atoms with E-state index in [9.17, 15) is 4.79 Å². The fourth-order valence-electron chi connectivity index (χ4n) is 2.49. The summed E-state index contributed by atoms with van der Waals surface area (Å²) in [7, 11) is 3.08. The molecule has 0 fully saturated rings. The summed E-state index contributed by atoms with van der Waals surface area (Å²) in [6.45, 7) is 2.12. The number of hydrogen-bond donors (Lipinski definition) is 1. The van der Waals surface area contributed by atoms with Gasteiger partial charge < -0.3 is 9.47 Å². The number of benzene rings is 1. The average Bonchev–Trinajstić information content (AvgIpc) is 3.18. The summed E-state index contributed by atoms with van der Waals surface area (Å²) in [5.41, 5.74) is 1.56. The summed E-state index contributed by atoms with van der Waals surface area (Å²) in [6, 6.07) is 8.97. The van der Waals surface area contributed by atoms with E-state index >= 15 is 0 Å². The number of amides is 1. The first-order chi connectivity index (χ1) is 13.6. The maximum atomic E-state index is 12.6. The largest absolute Gasteiger partial charge is 0.497 e. The molecule has 0 aliphatic rings. The molecular weight excluding hydrogens is 396 g/mol. The van der Waals surface area contributed by atoms with Gasteiger partial charge in [-0.1, -0.05) is 36.1 Å². The molecule has 28 heavy (non-hydrogen) atoms. The Kier molecular flexibility index (Phi) is 6.83. The normalized spacial score (nSPS) is 11.7. The lowest BCUT2D eigenvalue weighted by molar-refractivity contribution is 0.102. The lowest BCUT2D eigenvalue weighted by Crippen LogP contribution is -2.12. The summed E-state index contributed by atoms with van der Waals surface area (Å²) < 4.78 is 11.2. The number of pyridine rings is 1. The summed E-state index contributed by atoms with van der Waals surface area (Å²) in [5.74, 6) is 0.782. The third-order valence-electron chi connectivity index (χ3n) is 3.91. The van der Waals surface area contributed by atoms with Crippen molar-refractivity contribution in [3.05, 3.63) is 53.9 Å². The number of methoxy groups -OCH3 is 2. The molecular formula is C19H20N4O3S2. The van der Waals surface area contributed by atoms with E-state index in [0.29, 0.717) is 22.2 Å². The van der Waals surface area contributed by atoms with Gasteiger partial charge in [0.1, 0.15) is 11.5 Å². The molecule has 9 heteroatoms. The number of ether oxygens (including phenoxy) is 2. The molecule has 0 saturated heterocycles. The van der Waals surface area contributed by atoms with E-state index in [1.165, 1.54) is 25.6 Å². The van der Waals surface area contributed by atoms with Crippen LogP contribution in [0.5, 0.6) is 11.5 Å². The molecule has 3 rings (SSSR count). The smallest absolute Gasteiger partial charge is 0.257 e. The molecule has 1 N–H and O–H groups in total. The van der Waals surface area contributed by atoms with Gasteiger partial charge in [-0.3, -0.25) is 15.1 Å². The molecule has 1 unspecified atom stereocenters. The molecule has 0 aliphatic carbocycles. The van der Waals surface area contributed by atoms with Crippen molar-refractivity contribution in [2.75, 3.05) is 19.5 Å². The summed E-state index contributed by atoms with van der Waals surface area (Å²) >= 11 is 2.95. The van der Waals surface area contributed by atoms with Gasteiger partial charge in [-0.15, -0.1) is 10.2 Å². The molecule has 3 aromatic rings. The number of rotatable bonds is 8. The molecule has 0 bridgehead atoms. The maximum Gasteiger partial charge on any atom is 0.257 e. The second kappa shape index (κ2) is 9.52. The highest BCUT2D eigenvalue weighted by molar-refractivity contribution is 8.01. The minimum Gasteiger partial charge on any atom is -0.497 e. The third-order valence-corrected chi connectivity index (χ3v) is 6.26. The minimum atomic E-state index is -0.302. The van der Waals surface area contributed by atoms with Crippen molar-refractivity contribution in [1.29, 1.82) is 0 Å². The zero-order valence-corrected chi connectivity index (χ0v) is 17.3. The van der Waals surface area contributed by atoms with Gasteiger partial charge in [-0.05, 0) is 30.2 Å². The van der Waals surface area contributed by atoms with E-state index in [4.69, 9.17) is 9.47 Å². The van der Waals surface area contributed by atoms with Crippen LogP contribution in [-0.4, -0.2) is 35.3 Å². The van der Waals surface area contributed by atoms with Crippen molar-refractivity contribution >= 4 is 34.1 Å². The number of hydrogen-bond acceptors (Lipinski definition) is 8. The van der Waals surface area contributed by atoms with Crippen LogP contribution in [0.1, 0.15) is 34.5 Å². The first kappa shape index (κ1) is 20.1. The summed E-state index contributed by atoms with van der Waals surface area (Å²) in [5, 5.41) is 11.7. The van der Waals surface area contributed by atoms with Crippen molar-refractivity contribution in [2.45, 2.75) is 22.9 Å². The van der Waals surface area contributed by atoms with Crippen LogP contribution >= 0.6 is 23.1 Å². The highest BCUT2D eigenvalue weighted by atomic mass is 32.2. The van der Waals surface area contributed by atoms with E-state index in [2.05, 4.69) is 27.4 Å². The molecule has 0 radical (unpaired) electrons. The van der Waals surface area contributed by atoms with Crippen molar-refractivity contribution in [3.8, 4) is 11.5 Å². The number of carbonyl (C=O) groups excluding carboxylic acids is 1. The minimum absolute atomic E-state index is 0.229. The van der Waals surface area contributed by atoms with Crippen LogP contribution in [0.25, 0.3) is 0 Å². The molecule has 7 nitrogen and oxygen atoms in total. The Morgan fingerprint density at radius 2 is 1.96 bits per heavy atom. The summed E-state index contributed by atoms with van der Waals surface area (Å²) in [6.07, 6.45) is 4.55. The molecule has 0 saturated carbocycles. The van der Waals surface area contributed by atoms with Gasteiger partial charge in [0.2, 0.25) is 5.13 Å². The highest BCUT2D eigenvalue weighted by Crippen LogP contribution is 2.39. The van der Waals surface area contributed by atoms with E-state index < -0.39 is 0 Å². The molecule has 1 atom stereocenters. The van der Waals surface area contributed by atoms with Crippen LogP contribution in [0.15, 0.2) is 47.1 Å². The summed E-state index contributed by atoms with van der Waals surface area (Å²) in [4.78, 5) is 16.7. The van der Waals surface area contributed by atoms with Crippen molar-refractivity contribution < 1.29 is 14.3 Å². The Morgan fingerprint density at radius 1 is 1.21 bits per heavy atom. The van der Waals surface area contributed by atoms with Crippen LogP contribution in [-0.2, 0) is 0 Å². The predicted octanol–water partition coefficient (Wildman–Crippen LogP) is 4.45. The van der Waals surface area contributed by atoms with Gasteiger partial charge in [0, 0.05) is 29.3 Å². The van der Waals surface area contributed by atoms with Gasteiger partial charge >= 0.3 is 0 Å². The first-order valence-electron chi connectivity index (χ1n) is 8.57. The second-order valence-corrected chi connectivity index (χ2v) is 8.16. The molecule has 1 amide bonds. The van der Waals surface area contributed by atoms with E-state index in [1.54, 1.807) is 36.2 Å². The lowest BCUT2D eigenvalue weighted by atomic mass is 10.2. The van der Waals surface area contributed by atoms with Gasteiger partial charge in [-0.25, -0.2) is 0 Å². The van der Waals surface area contributed by atoms with Crippen molar-refractivity contribution in [1.82, 2.24) is 15.2 Å².